The monoisotopic (exact) mass is 386 g/mol. The number of nitrogens with zero attached hydrogens (tertiary/aromatic N) is 3. The zero-order valence-electron chi connectivity index (χ0n) is 14.9. The summed E-state index contributed by atoms with van der Waals surface area (Å²) in [6.45, 7) is 0.811. The van der Waals surface area contributed by atoms with E-state index in [-0.39, 0.29) is 30.2 Å². The van der Waals surface area contributed by atoms with Gasteiger partial charge in [0.1, 0.15) is 0 Å². The van der Waals surface area contributed by atoms with Gasteiger partial charge in [-0.15, -0.1) is 0 Å². The van der Waals surface area contributed by atoms with Crippen molar-refractivity contribution in [3.05, 3.63) is 54.1 Å². The summed E-state index contributed by atoms with van der Waals surface area (Å²) in [5.74, 6) is -1.12. The van der Waals surface area contributed by atoms with Gasteiger partial charge in [0.05, 0.1) is 24.1 Å². The number of hydrogen-bond donors (Lipinski definition) is 4. The van der Waals surface area contributed by atoms with Gasteiger partial charge in [-0.25, -0.2) is 9.18 Å². The summed E-state index contributed by atoms with van der Waals surface area (Å²) in [5, 5.41) is 20.3. The summed E-state index contributed by atoms with van der Waals surface area (Å²) in [7, 11) is 0. The van der Waals surface area contributed by atoms with Crippen molar-refractivity contribution in [1.82, 2.24) is 15.6 Å². The molecule has 1 aromatic carbocycles. The van der Waals surface area contributed by atoms with Crippen LogP contribution in [-0.2, 0) is 11.3 Å². The minimum Gasteiger partial charge on any atom is -0.465 e. The normalized spacial score (nSPS) is 14.0. The van der Waals surface area contributed by atoms with Crippen LogP contribution in [0.4, 0.5) is 20.6 Å². The Balaban J connectivity index is 1.68. The van der Waals surface area contributed by atoms with Crippen LogP contribution in [0, 0.1) is 11.2 Å². The van der Waals surface area contributed by atoms with Gasteiger partial charge < -0.3 is 20.2 Å². The smallest absolute Gasteiger partial charge is 0.411 e. The van der Waals surface area contributed by atoms with Crippen LogP contribution >= 0.6 is 0 Å². The molecule has 4 N–H and O–H groups in total. The molecule has 10 heteroatoms. The number of carboxylic acid groups (broad SMARTS) is 1. The lowest BCUT2D eigenvalue weighted by Crippen LogP contribution is -2.51. The van der Waals surface area contributed by atoms with Gasteiger partial charge in [0, 0.05) is 31.4 Å². The first-order valence-electron chi connectivity index (χ1n) is 8.51. The molecule has 0 bridgehead atoms. The summed E-state index contributed by atoms with van der Waals surface area (Å²) < 4.78 is 14.9. The Morgan fingerprint density at radius 2 is 2.11 bits per heavy atom. The molecule has 1 fully saturated rings. The molecule has 1 aromatic heterocycles. The number of guanidine groups is 1. The molecule has 0 atom stereocenters. The van der Waals surface area contributed by atoms with Crippen molar-refractivity contribution in [1.29, 1.82) is 5.41 Å². The average molecular weight is 386 g/mol. The van der Waals surface area contributed by atoms with Gasteiger partial charge in [-0.2, -0.15) is 0 Å². The zero-order valence-corrected chi connectivity index (χ0v) is 14.9. The number of halogens is 1. The number of amides is 2. The fourth-order valence-electron chi connectivity index (χ4n) is 2.95. The third kappa shape index (κ3) is 4.34. The van der Waals surface area contributed by atoms with Crippen molar-refractivity contribution in [3.8, 4) is 0 Å². The Morgan fingerprint density at radius 3 is 2.79 bits per heavy atom. The third-order valence-electron chi connectivity index (χ3n) is 4.26. The first-order valence-corrected chi connectivity index (χ1v) is 8.51. The molecule has 2 heterocycles. The van der Waals surface area contributed by atoms with E-state index in [1.807, 2.05) is 5.32 Å². The van der Waals surface area contributed by atoms with E-state index in [1.54, 1.807) is 46.5 Å². The fourth-order valence-corrected chi connectivity index (χ4v) is 2.95. The molecule has 9 nitrogen and oxygen atoms in total. The minimum absolute atomic E-state index is 0.0269. The molecule has 0 saturated carbocycles. The Kier molecular flexibility index (Phi) is 5.68. The number of carbonyl (C=O) groups excluding carboxylic acids is 1. The van der Waals surface area contributed by atoms with E-state index >= 15 is 0 Å². The van der Waals surface area contributed by atoms with Gasteiger partial charge in [-0.05, 0) is 18.2 Å². The summed E-state index contributed by atoms with van der Waals surface area (Å²) in [6, 6.07) is 8.33. The van der Waals surface area contributed by atoms with Crippen molar-refractivity contribution < 1.29 is 19.1 Å². The van der Waals surface area contributed by atoms with Crippen LogP contribution in [0.2, 0.25) is 0 Å². The summed E-state index contributed by atoms with van der Waals surface area (Å²) in [6.07, 6.45) is 1.86. The highest BCUT2D eigenvalue weighted by molar-refractivity contribution is 5.97. The van der Waals surface area contributed by atoms with Crippen molar-refractivity contribution >= 4 is 29.3 Å². The van der Waals surface area contributed by atoms with E-state index in [9.17, 15) is 14.0 Å². The Hall–Kier alpha value is -3.69. The number of anilines is 2. The molecule has 28 heavy (non-hydrogen) atoms. The standard InChI is InChI=1S/C18H19FN6O3/c19-16-12(9-22-17(20)23-18(27)28)3-1-5-14(16)24-7-8-25(15(26)11-24)13-4-2-6-21-10-13/h1-6,10H,7-9,11H2,(H,27,28)(H3,20,22,23). The first-order chi connectivity index (χ1) is 13.5. The second-order valence-corrected chi connectivity index (χ2v) is 6.09. The SMILES string of the molecule is N=C(NCc1cccc(N2CCN(c3cccnc3)C(=O)C2)c1F)NC(=O)O. The van der Waals surface area contributed by atoms with Crippen LogP contribution in [0.5, 0.6) is 0 Å². The fraction of sp³-hybridized carbons (Fsp3) is 0.222. The number of rotatable bonds is 4. The second kappa shape index (κ2) is 8.33. The predicted molar refractivity (Wildman–Crippen MR) is 101 cm³/mol. The van der Waals surface area contributed by atoms with Crippen molar-refractivity contribution in [2.75, 3.05) is 29.4 Å². The van der Waals surface area contributed by atoms with Gasteiger partial charge in [0.25, 0.3) is 0 Å². The van der Waals surface area contributed by atoms with E-state index < -0.39 is 17.9 Å². The summed E-state index contributed by atoms with van der Waals surface area (Å²) >= 11 is 0. The molecule has 0 spiro atoms. The minimum atomic E-state index is -1.38. The second-order valence-electron chi connectivity index (χ2n) is 6.09. The number of aromatic nitrogens is 1. The Labute approximate surface area is 160 Å². The molecule has 1 aliphatic heterocycles. The number of benzene rings is 1. The van der Waals surface area contributed by atoms with Crippen LogP contribution in [-0.4, -0.2) is 47.7 Å². The number of piperazine rings is 1. The molecule has 1 aliphatic rings. The van der Waals surface area contributed by atoms with E-state index in [2.05, 4.69) is 10.3 Å². The molecule has 0 radical (unpaired) electrons. The highest BCUT2D eigenvalue weighted by Crippen LogP contribution is 2.25. The average Bonchev–Trinajstić information content (AvgIpc) is 2.67. The first kappa shape index (κ1) is 19.1. The predicted octanol–water partition coefficient (Wildman–Crippen LogP) is 1.37. The summed E-state index contributed by atoms with van der Waals surface area (Å²) in [4.78, 5) is 30.3. The lowest BCUT2D eigenvalue weighted by atomic mass is 10.1. The zero-order chi connectivity index (χ0) is 20.1. The van der Waals surface area contributed by atoms with Crippen LogP contribution in [0.3, 0.4) is 0 Å². The maximum Gasteiger partial charge on any atom is 0.411 e. The van der Waals surface area contributed by atoms with E-state index in [1.165, 1.54) is 6.07 Å². The molecule has 2 amide bonds. The van der Waals surface area contributed by atoms with Gasteiger partial charge in [0.15, 0.2) is 11.8 Å². The highest BCUT2D eigenvalue weighted by Gasteiger charge is 2.27. The molecule has 3 rings (SSSR count). The summed E-state index contributed by atoms with van der Waals surface area (Å²) in [5.41, 5.74) is 1.25. The van der Waals surface area contributed by atoms with Gasteiger partial charge in [-0.3, -0.25) is 20.5 Å². The topological polar surface area (TPSA) is 122 Å². The molecular formula is C18H19FN6O3. The molecule has 0 aliphatic carbocycles. The lowest BCUT2D eigenvalue weighted by molar-refractivity contribution is -0.117. The molecule has 0 unspecified atom stereocenters. The van der Waals surface area contributed by atoms with Gasteiger partial charge in [-0.1, -0.05) is 12.1 Å². The van der Waals surface area contributed by atoms with E-state index in [0.29, 0.717) is 18.8 Å². The Morgan fingerprint density at radius 1 is 1.29 bits per heavy atom. The van der Waals surface area contributed by atoms with Gasteiger partial charge >= 0.3 is 6.09 Å². The number of hydrogen-bond acceptors (Lipinski definition) is 5. The quantitative estimate of drug-likeness (QED) is 0.465. The number of carbonyl (C=O) groups is 2. The van der Waals surface area contributed by atoms with Crippen molar-refractivity contribution in [3.63, 3.8) is 0 Å². The lowest BCUT2D eigenvalue weighted by Gasteiger charge is -2.35. The third-order valence-corrected chi connectivity index (χ3v) is 4.26. The van der Waals surface area contributed by atoms with Crippen LogP contribution in [0.1, 0.15) is 5.56 Å². The molecule has 1 saturated heterocycles. The van der Waals surface area contributed by atoms with E-state index in [4.69, 9.17) is 10.5 Å². The Bertz CT molecular complexity index is 892. The molecular weight excluding hydrogens is 367 g/mol. The number of pyridine rings is 1. The van der Waals surface area contributed by atoms with E-state index in [0.717, 1.165) is 0 Å². The number of nitrogens with one attached hydrogen (secondary N) is 3. The van der Waals surface area contributed by atoms with Crippen LogP contribution < -0.4 is 20.4 Å². The largest absolute Gasteiger partial charge is 0.465 e. The van der Waals surface area contributed by atoms with Crippen LogP contribution in [0.15, 0.2) is 42.7 Å². The maximum absolute atomic E-state index is 14.9. The van der Waals surface area contributed by atoms with Crippen molar-refractivity contribution in [2.45, 2.75) is 6.54 Å². The molecule has 2 aromatic rings. The highest BCUT2D eigenvalue weighted by atomic mass is 19.1. The maximum atomic E-state index is 14.9. The van der Waals surface area contributed by atoms with Gasteiger partial charge in [0.2, 0.25) is 5.91 Å². The van der Waals surface area contributed by atoms with Crippen molar-refractivity contribution in [2.24, 2.45) is 0 Å². The molecule has 146 valence electrons. The van der Waals surface area contributed by atoms with Crippen LogP contribution in [0.25, 0.3) is 0 Å².